The number of nitrogens with zero attached hydrogens (tertiary/aromatic N) is 2. The molecule has 3 N–H and O–H groups in total. The van der Waals surface area contributed by atoms with E-state index in [4.69, 9.17) is 10.9 Å². The average Bonchev–Trinajstić information content (AvgIpc) is 3.02. The molecular formula is C16H28N4. The van der Waals surface area contributed by atoms with Gasteiger partial charge in [0.2, 0.25) is 0 Å². The van der Waals surface area contributed by atoms with Gasteiger partial charge in [-0.3, -0.25) is 16.0 Å². The third-order valence-corrected chi connectivity index (χ3v) is 5.54. The van der Waals surface area contributed by atoms with Crippen molar-refractivity contribution in [1.82, 2.24) is 15.2 Å². The molecule has 3 rings (SSSR count). The van der Waals surface area contributed by atoms with Gasteiger partial charge in [-0.25, -0.2) is 0 Å². The molecule has 20 heavy (non-hydrogen) atoms. The molecule has 1 heterocycles. The number of hydrazine groups is 1. The summed E-state index contributed by atoms with van der Waals surface area (Å²) in [6.07, 6.45) is 9.85. The van der Waals surface area contributed by atoms with E-state index in [1.807, 2.05) is 0 Å². The van der Waals surface area contributed by atoms with Gasteiger partial charge in [0, 0.05) is 24.7 Å². The monoisotopic (exact) mass is 276 g/mol. The number of aromatic nitrogens is 2. The fraction of sp³-hybridized carbons (Fsp3) is 0.812. The molecule has 0 radical (unpaired) electrons. The third-order valence-electron chi connectivity index (χ3n) is 5.54. The van der Waals surface area contributed by atoms with E-state index >= 15 is 0 Å². The Kier molecular flexibility index (Phi) is 4.13. The third kappa shape index (κ3) is 2.63. The molecule has 4 heteroatoms. The fourth-order valence-corrected chi connectivity index (χ4v) is 4.09. The van der Waals surface area contributed by atoms with Gasteiger partial charge in [-0.15, -0.1) is 0 Å². The van der Waals surface area contributed by atoms with Gasteiger partial charge in [-0.1, -0.05) is 19.8 Å². The fourth-order valence-electron chi connectivity index (χ4n) is 4.09. The van der Waals surface area contributed by atoms with Crippen LogP contribution in [0.2, 0.25) is 0 Å². The normalized spacial score (nSPS) is 31.6. The molecular weight excluding hydrogens is 248 g/mol. The van der Waals surface area contributed by atoms with Crippen molar-refractivity contribution in [1.29, 1.82) is 0 Å². The van der Waals surface area contributed by atoms with Crippen LogP contribution in [-0.4, -0.2) is 15.8 Å². The minimum absolute atomic E-state index is 0.406. The molecule has 0 amide bonds. The largest absolute Gasteiger partial charge is 0.271 e. The molecule has 0 aliphatic heterocycles. The molecule has 4 nitrogen and oxygen atoms in total. The van der Waals surface area contributed by atoms with Gasteiger partial charge in [0.15, 0.2) is 0 Å². The van der Waals surface area contributed by atoms with Crippen LogP contribution in [0.3, 0.4) is 0 Å². The Balaban J connectivity index is 1.62. The van der Waals surface area contributed by atoms with E-state index in [2.05, 4.69) is 36.2 Å². The highest BCUT2D eigenvalue weighted by Crippen LogP contribution is 2.57. The first kappa shape index (κ1) is 14.1. The minimum atomic E-state index is 0.406. The summed E-state index contributed by atoms with van der Waals surface area (Å²) in [4.78, 5) is 0. The maximum atomic E-state index is 5.82. The van der Waals surface area contributed by atoms with E-state index in [0.717, 1.165) is 30.6 Å². The lowest BCUT2D eigenvalue weighted by atomic mass is 10.0. The average molecular weight is 276 g/mol. The van der Waals surface area contributed by atoms with E-state index in [-0.39, 0.29) is 0 Å². The van der Waals surface area contributed by atoms with Crippen molar-refractivity contribution < 1.29 is 0 Å². The highest BCUT2D eigenvalue weighted by molar-refractivity contribution is 5.09. The summed E-state index contributed by atoms with van der Waals surface area (Å²) in [5.41, 5.74) is 4.25. The van der Waals surface area contributed by atoms with E-state index in [9.17, 15) is 0 Å². The Morgan fingerprint density at radius 3 is 2.70 bits per heavy atom. The lowest BCUT2D eigenvalue weighted by Crippen LogP contribution is -2.39. The number of nitrogens with one attached hydrogen (secondary N) is 1. The standard InChI is InChI=1S/C16H28N4/c1-3-11(2)20-9-8-12(19-20)10-15(18-17)16-13-6-4-5-7-14(13)16/h8-9,11,13-16,18H,3-7,10,17H2,1-2H3. The van der Waals surface area contributed by atoms with Crippen LogP contribution in [0.4, 0.5) is 0 Å². The molecule has 2 saturated carbocycles. The highest BCUT2D eigenvalue weighted by atomic mass is 15.3. The molecule has 0 saturated heterocycles. The van der Waals surface area contributed by atoms with Crippen molar-refractivity contribution in [3.8, 4) is 0 Å². The predicted octanol–water partition coefficient (Wildman–Crippen LogP) is 2.66. The van der Waals surface area contributed by atoms with E-state index in [1.165, 1.54) is 31.4 Å². The topological polar surface area (TPSA) is 55.9 Å². The molecule has 112 valence electrons. The summed E-state index contributed by atoms with van der Waals surface area (Å²) < 4.78 is 2.09. The van der Waals surface area contributed by atoms with Gasteiger partial charge >= 0.3 is 0 Å². The smallest absolute Gasteiger partial charge is 0.0640 e. The van der Waals surface area contributed by atoms with Crippen LogP contribution < -0.4 is 11.3 Å². The lowest BCUT2D eigenvalue weighted by Gasteiger charge is -2.15. The van der Waals surface area contributed by atoms with E-state index < -0.39 is 0 Å². The summed E-state index contributed by atoms with van der Waals surface area (Å²) in [5, 5.41) is 4.72. The molecule has 4 unspecified atom stereocenters. The maximum Gasteiger partial charge on any atom is 0.0640 e. The SMILES string of the molecule is CCC(C)n1ccc(CC(NN)C2C3CCCCC32)n1. The van der Waals surface area contributed by atoms with Crippen LogP contribution in [0.5, 0.6) is 0 Å². The number of hydrogen-bond donors (Lipinski definition) is 2. The quantitative estimate of drug-likeness (QED) is 0.620. The van der Waals surface area contributed by atoms with Gasteiger partial charge in [-0.05, 0) is 50.0 Å². The van der Waals surface area contributed by atoms with Gasteiger partial charge in [0.25, 0.3) is 0 Å². The van der Waals surface area contributed by atoms with Gasteiger partial charge in [0.05, 0.1) is 5.69 Å². The first-order valence-electron chi connectivity index (χ1n) is 8.24. The van der Waals surface area contributed by atoms with Crippen molar-refractivity contribution in [2.45, 2.75) is 64.5 Å². The molecule has 2 aliphatic carbocycles. The summed E-state index contributed by atoms with van der Waals surface area (Å²) in [6, 6.07) is 3.04. The maximum absolute atomic E-state index is 5.82. The zero-order chi connectivity index (χ0) is 14.1. The van der Waals surface area contributed by atoms with Crippen molar-refractivity contribution in [3.63, 3.8) is 0 Å². The first-order valence-corrected chi connectivity index (χ1v) is 8.24. The van der Waals surface area contributed by atoms with Crippen LogP contribution >= 0.6 is 0 Å². The Labute approximate surface area is 122 Å². The number of hydrogen-bond acceptors (Lipinski definition) is 3. The Morgan fingerprint density at radius 1 is 1.40 bits per heavy atom. The summed E-state index contributed by atoms with van der Waals surface area (Å²) in [7, 11) is 0. The van der Waals surface area contributed by atoms with Gasteiger partial charge in [-0.2, -0.15) is 5.10 Å². The summed E-state index contributed by atoms with van der Waals surface area (Å²) in [5.74, 6) is 8.48. The van der Waals surface area contributed by atoms with Crippen molar-refractivity contribution in [2.75, 3.05) is 0 Å². The predicted molar refractivity (Wildman–Crippen MR) is 81.0 cm³/mol. The molecule has 0 aromatic carbocycles. The zero-order valence-electron chi connectivity index (χ0n) is 12.8. The second-order valence-electron chi connectivity index (χ2n) is 6.71. The number of rotatable bonds is 6. The Hall–Kier alpha value is -0.870. The molecule has 4 atom stereocenters. The van der Waals surface area contributed by atoms with E-state index in [0.29, 0.717) is 12.1 Å². The summed E-state index contributed by atoms with van der Waals surface area (Å²) >= 11 is 0. The molecule has 1 aromatic heterocycles. The van der Waals surface area contributed by atoms with E-state index in [1.54, 1.807) is 0 Å². The van der Waals surface area contributed by atoms with Crippen LogP contribution in [0.15, 0.2) is 12.3 Å². The van der Waals surface area contributed by atoms with Crippen LogP contribution in [0, 0.1) is 17.8 Å². The Morgan fingerprint density at radius 2 is 2.10 bits per heavy atom. The Bertz CT molecular complexity index is 429. The van der Waals surface area contributed by atoms with Crippen LogP contribution in [0.25, 0.3) is 0 Å². The molecule has 0 spiro atoms. The van der Waals surface area contributed by atoms with Crippen LogP contribution in [0.1, 0.15) is 57.7 Å². The first-order chi connectivity index (χ1) is 9.74. The van der Waals surface area contributed by atoms with Gasteiger partial charge in [0.1, 0.15) is 0 Å². The molecule has 1 aromatic rings. The van der Waals surface area contributed by atoms with Crippen molar-refractivity contribution in [2.24, 2.45) is 23.6 Å². The lowest BCUT2D eigenvalue weighted by molar-refractivity contribution is 0.424. The van der Waals surface area contributed by atoms with Gasteiger partial charge < -0.3 is 0 Å². The molecule has 0 bridgehead atoms. The molecule has 2 fully saturated rings. The second kappa shape index (κ2) is 5.86. The van der Waals surface area contributed by atoms with Crippen molar-refractivity contribution in [3.05, 3.63) is 18.0 Å². The summed E-state index contributed by atoms with van der Waals surface area (Å²) in [6.45, 7) is 4.41. The zero-order valence-corrected chi connectivity index (χ0v) is 12.8. The highest BCUT2D eigenvalue weighted by Gasteiger charge is 2.53. The number of fused-ring (bicyclic) bond motifs is 1. The minimum Gasteiger partial charge on any atom is -0.271 e. The van der Waals surface area contributed by atoms with Crippen molar-refractivity contribution >= 4 is 0 Å². The van der Waals surface area contributed by atoms with Crippen LogP contribution in [-0.2, 0) is 6.42 Å². The molecule has 2 aliphatic rings. The second-order valence-corrected chi connectivity index (χ2v) is 6.71. The number of nitrogens with two attached hydrogens (primary N) is 1.